The van der Waals surface area contributed by atoms with Crippen LogP contribution in [-0.2, 0) is 6.54 Å². The molecule has 2 aromatic heterocycles. The van der Waals surface area contributed by atoms with Gasteiger partial charge in [-0.3, -0.25) is 9.78 Å². The molecule has 0 radical (unpaired) electrons. The van der Waals surface area contributed by atoms with Crippen molar-refractivity contribution >= 4 is 5.91 Å². The fraction of sp³-hybridized carbons (Fsp3) is 0.176. The summed E-state index contributed by atoms with van der Waals surface area (Å²) in [6.07, 6.45) is 5.08. The number of carbonyl (C=O) groups excluding carboxylic acids is 1. The molecule has 1 atom stereocenters. The maximum absolute atomic E-state index is 12.1. The molecule has 1 N–H and O–H groups in total. The van der Waals surface area contributed by atoms with Gasteiger partial charge in [-0.15, -0.1) is 5.10 Å². The summed E-state index contributed by atoms with van der Waals surface area (Å²) in [5.74, 6) is -0.250. The Morgan fingerprint density at radius 2 is 2.04 bits per heavy atom. The number of rotatable bonds is 5. The summed E-state index contributed by atoms with van der Waals surface area (Å²) in [6.45, 7) is 2.43. The predicted octanol–water partition coefficient (Wildman–Crippen LogP) is 2.21. The second-order valence-corrected chi connectivity index (χ2v) is 5.21. The van der Waals surface area contributed by atoms with Crippen LogP contribution in [0.2, 0.25) is 0 Å². The Morgan fingerprint density at radius 1 is 1.22 bits per heavy atom. The van der Waals surface area contributed by atoms with Gasteiger partial charge in [-0.05, 0) is 24.1 Å². The molecule has 2 heterocycles. The fourth-order valence-electron chi connectivity index (χ4n) is 2.23. The Hall–Kier alpha value is -3.02. The van der Waals surface area contributed by atoms with Crippen LogP contribution in [-0.4, -0.2) is 25.9 Å². The second-order valence-electron chi connectivity index (χ2n) is 5.21. The number of hydrogen-bond donors (Lipinski definition) is 1. The van der Waals surface area contributed by atoms with Crippen LogP contribution in [0.15, 0.2) is 61.1 Å². The molecule has 0 fully saturated rings. The van der Waals surface area contributed by atoms with E-state index in [1.165, 1.54) is 0 Å². The first-order valence-corrected chi connectivity index (χ1v) is 7.38. The van der Waals surface area contributed by atoms with E-state index in [9.17, 15) is 4.79 Å². The topological polar surface area (TPSA) is 72.7 Å². The van der Waals surface area contributed by atoms with Crippen LogP contribution in [0.3, 0.4) is 0 Å². The maximum Gasteiger partial charge on any atom is 0.273 e. The van der Waals surface area contributed by atoms with E-state index >= 15 is 0 Å². The van der Waals surface area contributed by atoms with Crippen LogP contribution >= 0.6 is 0 Å². The third-order valence-electron chi connectivity index (χ3n) is 3.60. The molecular formula is C17H17N5O. The Balaban J connectivity index is 1.65. The third-order valence-corrected chi connectivity index (χ3v) is 3.60. The van der Waals surface area contributed by atoms with Crippen molar-refractivity contribution in [1.82, 2.24) is 25.3 Å². The van der Waals surface area contributed by atoms with E-state index in [1.54, 1.807) is 23.3 Å². The lowest BCUT2D eigenvalue weighted by Crippen LogP contribution is -2.23. The van der Waals surface area contributed by atoms with Crippen LogP contribution in [0, 0.1) is 0 Å². The van der Waals surface area contributed by atoms with Gasteiger partial charge in [0.15, 0.2) is 5.69 Å². The average Bonchev–Trinajstić information content (AvgIpc) is 3.11. The summed E-state index contributed by atoms with van der Waals surface area (Å²) >= 11 is 0. The average molecular weight is 307 g/mol. The van der Waals surface area contributed by atoms with Crippen molar-refractivity contribution in [3.8, 4) is 0 Å². The van der Waals surface area contributed by atoms with Gasteiger partial charge in [0, 0.05) is 18.9 Å². The van der Waals surface area contributed by atoms with Crippen molar-refractivity contribution in [2.45, 2.75) is 19.5 Å². The van der Waals surface area contributed by atoms with Gasteiger partial charge in [0.25, 0.3) is 5.91 Å². The molecule has 116 valence electrons. The first-order chi connectivity index (χ1) is 11.2. The van der Waals surface area contributed by atoms with Crippen molar-refractivity contribution in [3.63, 3.8) is 0 Å². The molecule has 1 amide bonds. The van der Waals surface area contributed by atoms with Gasteiger partial charge in [0.2, 0.25) is 0 Å². The van der Waals surface area contributed by atoms with Gasteiger partial charge in [-0.25, -0.2) is 4.68 Å². The van der Waals surface area contributed by atoms with Crippen LogP contribution in [0.1, 0.15) is 34.6 Å². The molecule has 1 aromatic carbocycles. The molecule has 0 bridgehead atoms. The Kier molecular flexibility index (Phi) is 4.42. The van der Waals surface area contributed by atoms with Crippen molar-refractivity contribution in [2.24, 2.45) is 0 Å². The zero-order valence-electron chi connectivity index (χ0n) is 12.8. The Labute approximate surface area is 134 Å². The van der Waals surface area contributed by atoms with E-state index in [4.69, 9.17) is 0 Å². The Morgan fingerprint density at radius 3 is 2.78 bits per heavy atom. The van der Waals surface area contributed by atoms with E-state index in [2.05, 4.69) is 20.6 Å². The number of carbonyl (C=O) groups is 1. The van der Waals surface area contributed by atoms with Crippen LogP contribution in [0.5, 0.6) is 0 Å². The molecule has 0 aliphatic carbocycles. The van der Waals surface area contributed by atoms with E-state index in [0.717, 1.165) is 11.1 Å². The van der Waals surface area contributed by atoms with Gasteiger partial charge >= 0.3 is 0 Å². The highest BCUT2D eigenvalue weighted by atomic mass is 16.2. The SMILES string of the molecule is C[C@H](c1ccccc1)n1cc(C(=O)NCc2cccnc2)nn1. The lowest BCUT2D eigenvalue weighted by atomic mass is 10.1. The van der Waals surface area contributed by atoms with Crippen LogP contribution < -0.4 is 5.32 Å². The van der Waals surface area contributed by atoms with E-state index in [-0.39, 0.29) is 11.9 Å². The van der Waals surface area contributed by atoms with Crippen molar-refractivity contribution in [3.05, 3.63) is 77.9 Å². The maximum atomic E-state index is 12.1. The number of hydrogen-bond acceptors (Lipinski definition) is 4. The monoisotopic (exact) mass is 307 g/mol. The lowest BCUT2D eigenvalue weighted by Gasteiger charge is -2.10. The first kappa shape index (κ1) is 14.9. The van der Waals surface area contributed by atoms with Gasteiger partial charge in [0.05, 0.1) is 12.2 Å². The quantitative estimate of drug-likeness (QED) is 0.784. The zero-order valence-corrected chi connectivity index (χ0v) is 12.8. The van der Waals surface area contributed by atoms with Gasteiger partial charge in [0.1, 0.15) is 0 Å². The minimum atomic E-state index is -0.250. The lowest BCUT2D eigenvalue weighted by molar-refractivity contribution is 0.0946. The highest BCUT2D eigenvalue weighted by molar-refractivity contribution is 5.91. The van der Waals surface area contributed by atoms with Gasteiger partial charge in [-0.1, -0.05) is 41.6 Å². The highest BCUT2D eigenvalue weighted by Crippen LogP contribution is 2.16. The molecule has 0 aliphatic heterocycles. The molecule has 0 saturated carbocycles. The predicted molar refractivity (Wildman–Crippen MR) is 85.7 cm³/mol. The molecule has 6 heteroatoms. The number of amides is 1. The number of pyridine rings is 1. The molecule has 0 unspecified atom stereocenters. The first-order valence-electron chi connectivity index (χ1n) is 7.38. The van der Waals surface area contributed by atoms with E-state index in [1.807, 2.05) is 49.4 Å². The number of benzene rings is 1. The van der Waals surface area contributed by atoms with E-state index < -0.39 is 0 Å². The third kappa shape index (κ3) is 3.60. The summed E-state index contributed by atoms with van der Waals surface area (Å²) in [5, 5.41) is 10.8. The summed E-state index contributed by atoms with van der Waals surface area (Å²) < 4.78 is 1.69. The molecule has 0 saturated heterocycles. The normalized spacial score (nSPS) is 11.9. The summed E-state index contributed by atoms with van der Waals surface area (Å²) in [7, 11) is 0. The fourth-order valence-corrected chi connectivity index (χ4v) is 2.23. The second kappa shape index (κ2) is 6.83. The number of nitrogens with one attached hydrogen (secondary N) is 1. The number of nitrogens with zero attached hydrogens (tertiary/aromatic N) is 4. The molecule has 6 nitrogen and oxygen atoms in total. The molecule has 23 heavy (non-hydrogen) atoms. The molecule has 0 aliphatic rings. The summed E-state index contributed by atoms with van der Waals surface area (Å²) in [6, 6.07) is 13.7. The minimum Gasteiger partial charge on any atom is -0.346 e. The zero-order chi connectivity index (χ0) is 16.1. The number of aromatic nitrogens is 4. The smallest absolute Gasteiger partial charge is 0.273 e. The van der Waals surface area contributed by atoms with Crippen LogP contribution in [0.25, 0.3) is 0 Å². The molecule has 3 aromatic rings. The summed E-state index contributed by atoms with van der Waals surface area (Å²) in [4.78, 5) is 16.2. The standard InChI is InChI=1S/C17H17N5O/c1-13(15-7-3-2-4-8-15)22-12-16(20-21-22)17(23)19-11-14-6-5-9-18-10-14/h2-10,12-13H,11H2,1H3,(H,19,23)/t13-/m1/s1. The Bertz CT molecular complexity index is 770. The van der Waals surface area contributed by atoms with Crippen molar-refractivity contribution in [2.75, 3.05) is 0 Å². The van der Waals surface area contributed by atoms with Gasteiger partial charge in [-0.2, -0.15) is 0 Å². The van der Waals surface area contributed by atoms with E-state index in [0.29, 0.717) is 12.2 Å². The van der Waals surface area contributed by atoms with Crippen molar-refractivity contribution < 1.29 is 4.79 Å². The molecular weight excluding hydrogens is 290 g/mol. The largest absolute Gasteiger partial charge is 0.346 e. The van der Waals surface area contributed by atoms with Crippen molar-refractivity contribution in [1.29, 1.82) is 0 Å². The van der Waals surface area contributed by atoms with Crippen LogP contribution in [0.4, 0.5) is 0 Å². The molecule has 0 spiro atoms. The minimum absolute atomic E-state index is 0.0172. The molecule has 3 rings (SSSR count). The van der Waals surface area contributed by atoms with Gasteiger partial charge < -0.3 is 5.32 Å². The highest BCUT2D eigenvalue weighted by Gasteiger charge is 2.14. The summed E-state index contributed by atoms with van der Waals surface area (Å²) in [5.41, 5.74) is 2.35.